The van der Waals surface area contributed by atoms with Gasteiger partial charge in [-0.2, -0.15) is 13.2 Å². The van der Waals surface area contributed by atoms with E-state index in [1.165, 1.54) is 12.1 Å². The Kier molecular flexibility index (Phi) is 5.30. The summed E-state index contributed by atoms with van der Waals surface area (Å²) in [5.41, 5.74) is 1.40. The molecule has 0 unspecified atom stereocenters. The molecule has 2 N–H and O–H groups in total. The number of alkyl halides is 3. The van der Waals surface area contributed by atoms with Gasteiger partial charge in [0.05, 0.1) is 12.1 Å². The highest BCUT2D eigenvalue weighted by Gasteiger charge is 2.29. The van der Waals surface area contributed by atoms with Crippen LogP contribution in [0.3, 0.4) is 0 Å². The van der Waals surface area contributed by atoms with Gasteiger partial charge in [0.25, 0.3) is 0 Å². The molecular weight excluding hydrogens is 373 g/mol. The minimum Gasteiger partial charge on any atom is -0.375 e. The third-order valence-corrected chi connectivity index (χ3v) is 3.72. The highest BCUT2D eigenvalue weighted by Crippen LogP contribution is 2.29. The summed E-state index contributed by atoms with van der Waals surface area (Å²) in [5, 5.41) is 5.49. The summed E-state index contributed by atoms with van der Waals surface area (Å²) in [4.78, 5) is 11.8. The maximum Gasteiger partial charge on any atom is 0.416 e. The van der Waals surface area contributed by atoms with E-state index in [1.807, 2.05) is 25.1 Å². The maximum absolute atomic E-state index is 12.5. The van der Waals surface area contributed by atoms with Crippen LogP contribution in [-0.2, 0) is 11.0 Å². The van der Waals surface area contributed by atoms with Crippen molar-refractivity contribution in [2.75, 3.05) is 17.2 Å². The molecule has 0 aliphatic carbocycles. The van der Waals surface area contributed by atoms with Crippen LogP contribution in [0.2, 0.25) is 0 Å². The molecule has 1 amide bonds. The molecule has 0 saturated carbocycles. The third kappa shape index (κ3) is 4.99. The van der Waals surface area contributed by atoms with Crippen molar-refractivity contribution in [3.63, 3.8) is 0 Å². The van der Waals surface area contributed by atoms with Crippen LogP contribution in [0.4, 0.5) is 24.5 Å². The molecule has 0 aliphatic rings. The fraction of sp³-hybridized carbons (Fsp3) is 0.188. The van der Waals surface area contributed by atoms with Crippen molar-refractivity contribution in [3.8, 4) is 0 Å². The number of carbonyl (C=O) groups excluding carboxylic acids is 1. The fourth-order valence-electron chi connectivity index (χ4n) is 1.89. The van der Waals surface area contributed by atoms with Crippen LogP contribution in [0.25, 0.3) is 0 Å². The van der Waals surface area contributed by atoms with Gasteiger partial charge in [-0.3, -0.25) is 4.79 Å². The van der Waals surface area contributed by atoms with Crippen LogP contribution >= 0.6 is 15.9 Å². The van der Waals surface area contributed by atoms with E-state index in [9.17, 15) is 18.0 Å². The number of anilines is 2. The molecule has 2 aromatic carbocycles. The summed E-state index contributed by atoms with van der Waals surface area (Å²) in [6.07, 6.45) is -4.39. The molecule has 0 spiro atoms. The smallest absolute Gasteiger partial charge is 0.375 e. The Morgan fingerprint density at radius 1 is 1.13 bits per heavy atom. The molecule has 2 rings (SSSR count). The van der Waals surface area contributed by atoms with Gasteiger partial charge in [-0.15, -0.1) is 0 Å². The lowest BCUT2D eigenvalue weighted by atomic mass is 10.2. The average Bonchev–Trinajstić information content (AvgIpc) is 2.46. The summed E-state index contributed by atoms with van der Waals surface area (Å²) in [5.74, 6) is -0.350. The second-order valence-electron chi connectivity index (χ2n) is 4.96. The molecule has 0 aliphatic heterocycles. The van der Waals surface area contributed by atoms with Gasteiger partial charge in [0.1, 0.15) is 0 Å². The third-order valence-electron chi connectivity index (χ3n) is 3.06. The Hall–Kier alpha value is -2.02. The zero-order chi connectivity index (χ0) is 17.0. The molecule has 0 fully saturated rings. The Labute approximate surface area is 140 Å². The van der Waals surface area contributed by atoms with Gasteiger partial charge < -0.3 is 10.6 Å². The predicted molar refractivity (Wildman–Crippen MR) is 87.4 cm³/mol. The van der Waals surface area contributed by atoms with E-state index >= 15 is 0 Å². The molecule has 2 aromatic rings. The van der Waals surface area contributed by atoms with Crippen LogP contribution in [0, 0.1) is 6.92 Å². The number of benzene rings is 2. The highest BCUT2D eigenvalue weighted by molar-refractivity contribution is 9.10. The summed E-state index contributed by atoms with van der Waals surface area (Å²) in [6.45, 7) is 1.95. The molecule has 7 heteroatoms. The van der Waals surface area contributed by atoms with Crippen molar-refractivity contribution < 1.29 is 18.0 Å². The minimum absolute atomic E-state index is 0.00266. The average molecular weight is 387 g/mol. The first-order valence-electron chi connectivity index (χ1n) is 6.73. The van der Waals surface area contributed by atoms with Crippen molar-refractivity contribution in [1.82, 2.24) is 0 Å². The van der Waals surface area contributed by atoms with Crippen LogP contribution in [-0.4, -0.2) is 12.5 Å². The number of nitrogens with one attached hydrogen (secondary N) is 2. The molecule has 0 radical (unpaired) electrons. The molecule has 122 valence electrons. The number of amides is 1. The SMILES string of the molecule is Cc1ccc(NCC(=O)Nc2ccc(C(F)(F)F)cc2)c(Br)c1. The molecular formula is C16H14BrF3N2O. The van der Waals surface area contributed by atoms with Crippen molar-refractivity contribution in [2.24, 2.45) is 0 Å². The van der Waals surface area contributed by atoms with E-state index in [4.69, 9.17) is 0 Å². The number of aryl methyl sites for hydroxylation is 1. The Morgan fingerprint density at radius 2 is 1.78 bits per heavy atom. The van der Waals surface area contributed by atoms with Gasteiger partial charge in [0.2, 0.25) is 5.91 Å². The lowest BCUT2D eigenvalue weighted by Gasteiger charge is -2.11. The monoisotopic (exact) mass is 386 g/mol. The maximum atomic E-state index is 12.5. The first-order valence-corrected chi connectivity index (χ1v) is 7.52. The number of carbonyl (C=O) groups is 1. The lowest BCUT2D eigenvalue weighted by Crippen LogP contribution is -2.22. The largest absolute Gasteiger partial charge is 0.416 e. The summed E-state index contributed by atoms with van der Waals surface area (Å²) in [7, 11) is 0. The van der Waals surface area contributed by atoms with Crippen LogP contribution in [0.15, 0.2) is 46.9 Å². The zero-order valence-electron chi connectivity index (χ0n) is 12.2. The normalized spacial score (nSPS) is 11.2. The Balaban J connectivity index is 1.92. The van der Waals surface area contributed by atoms with Crippen LogP contribution in [0.5, 0.6) is 0 Å². The zero-order valence-corrected chi connectivity index (χ0v) is 13.8. The number of hydrogen-bond donors (Lipinski definition) is 2. The van der Waals surface area contributed by atoms with Gasteiger partial charge in [-0.25, -0.2) is 0 Å². The van der Waals surface area contributed by atoms with E-state index in [2.05, 4.69) is 26.6 Å². The topological polar surface area (TPSA) is 41.1 Å². The standard InChI is InChI=1S/C16H14BrF3N2O/c1-10-2-7-14(13(17)8-10)21-9-15(23)22-12-5-3-11(4-6-12)16(18,19)20/h2-8,21H,9H2,1H3,(H,22,23). The van der Waals surface area contributed by atoms with E-state index in [-0.39, 0.29) is 12.5 Å². The molecule has 0 bridgehead atoms. The summed E-state index contributed by atoms with van der Waals surface area (Å²) in [6, 6.07) is 9.96. The molecule has 23 heavy (non-hydrogen) atoms. The number of halogens is 4. The molecule has 3 nitrogen and oxygen atoms in total. The van der Waals surface area contributed by atoms with Crippen LogP contribution in [0.1, 0.15) is 11.1 Å². The second-order valence-corrected chi connectivity index (χ2v) is 5.81. The minimum atomic E-state index is -4.39. The Bertz CT molecular complexity index is 699. The van der Waals surface area contributed by atoms with E-state index in [0.29, 0.717) is 5.69 Å². The van der Waals surface area contributed by atoms with Crippen molar-refractivity contribution in [3.05, 3.63) is 58.1 Å². The Morgan fingerprint density at radius 3 is 2.35 bits per heavy atom. The van der Waals surface area contributed by atoms with E-state index < -0.39 is 11.7 Å². The first-order chi connectivity index (χ1) is 10.8. The van der Waals surface area contributed by atoms with Crippen LogP contribution < -0.4 is 10.6 Å². The summed E-state index contributed by atoms with van der Waals surface area (Å²) < 4.78 is 38.2. The molecule has 0 aromatic heterocycles. The first kappa shape index (κ1) is 17.3. The predicted octanol–water partition coefficient (Wildman–Crippen LogP) is 4.83. The van der Waals surface area contributed by atoms with Crippen molar-refractivity contribution >= 4 is 33.2 Å². The summed E-state index contributed by atoms with van der Waals surface area (Å²) >= 11 is 3.39. The van der Waals surface area contributed by atoms with Gasteiger partial charge >= 0.3 is 6.18 Å². The fourth-order valence-corrected chi connectivity index (χ4v) is 2.52. The molecule has 0 heterocycles. The van der Waals surface area contributed by atoms with Gasteiger partial charge in [-0.05, 0) is 64.8 Å². The number of hydrogen-bond acceptors (Lipinski definition) is 2. The van der Waals surface area contributed by atoms with E-state index in [1.54, 1.807) is 0 Å². The van der Waals surface area contributed by atoms with Gasteiger partial charge in [0.15, 0.2) is 0 Å². The molecule has 0 saturated heterocycles. The second kappa shape index (κ2) is 7.04. The lowest BCUT2D eigenvalue weighted by molar-refractivity contribution is -0.137. The quantitative estimate of drug-likeness (QED) is 0.790. The molecule has 0 atom stereocenters. The van der Waals surface area contributed by atoms with E-state index in [0.717, 1.165) is 27.9 Å². The highest BCUT2D eigenvalue weighted by atomic mass is 79.9. The van der Waals surface area contributed by atoms with Gasteiger partial charge in [-0.1, -0.05) is 6.07 Å². The number of rotatable bonds is 4. The van der Waals surface area contributed by atoms with Crippen molar-refractivity contribution in [1.29, 1.82) is 0 Å². The van der Waals surface area contributed by atoms with Gasteiger partial charge in [0, 0.05) is 15.8 Å². The van der Waals surface area contributed by atoms with Crippen molar-refractivity contribution in [2.45, 2.75) is 13.1 Å².